The molecular formula is C37H55F4N5O4. The van der Waals surface area contributed by atoms with Crippen LogP contribution >= 0.6 is 0 Å². The van der Waals surface area contributed by atoms with Gasteiger partial charge in [-0.1, -0.05) is 43.9 Å². The summed E-state index contributed by atoms with van der Waals surface area (Å²) in [5, 5.41) is 10.1. The molecule has 9 nitrogen and oxygen atoms in total. The maximum atomic E-state index is 13.2. The number of carbonyl (C=O) groups is 2. The zero-order chi connectivity index (χ0) is 38.4. The summed E-state index contributed by atoms with van der Waals surface area (Å²) in [5.74, 6) is 6.74. The fraction of sp³-hybridized carbons (Fsp3) is 0.514. The van der Waals surface area contributed by atoms with Crippen LogP contribution in [0, 0.1) is 24.7 Å². The number of nitrogens with zero attached hydrogens (tertiary/aromatic N) is 2. The van der Waals surface area contributed by atoms with Gasteiger partial charge in [-0.15, -0.1) is 13.2 Å². The number of ether oxygens (including phenoxy) is 1. The molecule has 0 radical (unpaired) electrons. The van der Waals surface area contributed by atoms with Crippen LogP contribution in [-0.4, -0.2) is 88.2 Å². The topological polar surface area (TPSA) is 134 Å². The van der Waals surface area contributed by atoms with Crippen molar-refractivity contribution in [1.29, 1.82) is 0 Å². The van der Waals surface area contributed by atoms with Crippen molar-refractivity contribution in [3.8, 4) is 17.6 Å². The van der Waals surface area contributed by atoms with Gasteiger partial charge in [0.1, 0.15) is 18.5 Å². The number of carbonyl (C=O) groups excluding carboxylic acids is 1. The van der Waals surface area contributed by atoms with Crippen molar-refractivity contribution >= 4 is 23.8 Å². The van der Waals surface area contributed by atoms with Crippen LogP contribution in [0.1, 0.15) is 55.7 Å². The number of alkyl halides is 4. The molecule has 1 amide bonds. The first kappa shape index (κ1) is 45.7. The number of methoxy groups -OCH3 is 1. The number of primary amides is 1. The number of amides is 1. The highest BCUT2D eigenvalue weighted by molar-refractivity contribution is 5.73. The molecule has 2 aliphatic rings. The third-order valence-corrected chi connectivity index (χ3v) is 8.14. The number of hydrogen-bond acceptors (Lipinski definition) is 7. The van der Waals surface area contributed by atoms with Crippen LogP contribution < -0.4 is 26.4 Å². The van der Waals surface area contributed by atoms with E-state index in [1.54, 1.807) is 19.2 Å². The highest BCUT2D eigenvalue weighted by Crippen LogP contribution is 2.36. The minimum absolute atomic E-state index is 0.141. The van der Waals surface area contributed by atoms with E-state index in [1.807, 2.05) is 57.0 Å². The number of nitrogens with one attached hydrogen (secondary N) is 1. The largest absolute Gasteiger partial charge is 0.495 e. The van der Waals surface area contributed by atoms with E-state index in [1.165, 1.54) is 11.9 Å². The van der Waals surface area contributed by atoms with E-state index in [0.29, 0.717) is 37.2 Å². The first-order chi connectivity index (χ1) is 23.7. The molecule has 4 atom stereocenters. The lowest BCUT2D eigenvalue weighted by Crippen LogP contribution is -2.39. The molecule has 2 aromatic carbocycles. The van der Waals surface area contributed by atoms with Gasteiger partial charge in [-0.25, -0.2) is 4.39 Å². The fourth-order valence-electron chi connectivity index (χ4n) is 5.38. The Bertz CT molecular complexity index is 1370. The number of fused-ring (bicyclic) bond motifs is 1. The quantitative estimate of drug-likeness (QED) is 0.111. The second-order valence-corrected chi connectivity index (χ2v) is 11.7. The van der Waals surface area contributed by atoms with Crippen LogP contribution in [0.2, 0.25) is 0 Å². The van der Waals surface area contributed by atoms with Crippen LogP contribution in [0.25, 0.3) is 0 Å². The molecule has 0 bridgehead atoms. The molecule has 0 aromatic heterocycles. The van der Waals surface area contributed by atoms with Gasteiger partial charge in [-0.2, -0.15) is 13.2 Å². The molecule has 13 heteroatoms. The number of piperidine rings is 1. The first-order valence-corrected chi connectivity index (χ1v) is 16.3. The van der Waals surface area contributed by atoms with Crippen molar-refractivity contribution in [3.63, 3.8) is 0 Å². The van der Waals surface area contributed by atoms with Gasteiger partial charge in [0.05, 0.1) is 25.4 Å². The molecule has 1 saturated heterocycles. The minimum Gasteiger partial charge on any atom is -0.495 e. The Labute approximate surface area is 295 Å². The normalized spacial score (nSPS) is 18.2. The van der Waals surface area contributed by atoms with Gasteiger partial charge in [0.25, 0.3) is 6.47 Å². The SMILES string of the molecule is C=C.CC1CCN(C)CC1F.CN.COc1cc(C(C)CCC(N)=O)ccc1NCC#CC1Cc2c(C)cccc2N1CC(F)(F)F.O=CO. The fourth-order valence-corrected chi connectivity index (χ4v) is 5.38. The number of hydrogen-bond donors (Lipinski definition) is 4. The molecule has 2 aliphatic heterocycles. The number of nitrogens with two attached hydrogens (primary N) is 2. The van der Waals surface area contributed by atoms with Crippen molar-refractivity contribution < 1.29 is 37.0 Å². The Balaban J connectivity index is 0.00000125. The van der Waals surface area contributed by atoms with Crippen LogP contribution in [0.5, 0.6) is 5.75 Å². The predicted molar refractivity (Wildman–Crippen MR) is 194 cm³/mol. The molecule has 4 rings (SSSR count). The van der Waals surface area contributed by atoms with Crippen molar-refractivity contribution in [2.45, 2.75) is 70.8 Å². The summed E-state index contributed by atoms with van der Waals surface area (Å²) in [6.07, 6.45) is -2.47. The lowest BCUT2D eigenvalue weighted by Gasteiger charge is -2.29. The smallest absolute Gasteiger partial charge is 0.405 e. The Morgan fingerprint density at radius 3 is 2.42 bits per heavy atom. The highest BCUT2D eigenvalue weighted by atomic mass is 19.4. The average molecular weight is 710 g/mol. The highest BCUT2D eigenvalue weighted by Gasteiger charge is 2.38. The van der Waals surface area contributed by atoms with Crippen molar-refractivity contribution in [2.24, 2.45) is 17.4 Å². The second-order valence-electron chi connectivity index (χ2n) is 11.7. The van der Waals surface area contributed by atoms with Crippen molar-refractivity contribution in [3.05, 3.63) is 66.2 Å². The first-order valence-electron chi connectivity index (χ1n) is 16.3. The summed E-state index contributed by atoms with van der Waals surface area (Å²) in [5.41, 5.74) is 14.0. The average Bonchev–Trinajstić information content (AvgIpc) is 3.43. The van der Waals surface area contributed by atoms with E-state index < -0.39 is 24.9 Å². The number of anilines is 2. The van der Waals surface area contributed by atoms with E-state index in [-0.39, 0.29) is 30.8 Å². The molecule has 1 fully saturated rings. The summed E-state index contributed by atoms with van der Waals surface area (Å²) in [4.78, 5) is 22.8. The maximum absolute atomic E-state index is 13.2. The number of aryl methyl sites for hydroxylation is 1. The lowest BCUT2D eigenvalue weighted by atomic mass is 9.95. The third-order valence-electron chi connectivity index (χ3n) is 8.14. The Morgan fingerprint density at radius 2 is 1.88 bits per heavy atom. The van der Waals surface area contributed by atoms with E-state index >= 15 is 0 Å². The molecule has 0 spiro atoms. The summed E-state index contributed by atoms with van der Waals surface area (Å²) >= 11 is 0. The number of halogens is 4. The van der Waals surface area contributed by atoms with E-state index in [0.717, 1.165) is 35.3 Å². The van der Waals surface area contributed by atoms with Gasteiger partial charge in [-0.05, 0) is 87.1 Å². The summed E-state index contributed by atoms with van der Waals surface area (Å²) in [7, 11) is 5.04. The van der Waals surface area contributed by atoms with Gasteiger partial charge in [-0.3, -0.25) is 9.59 Å². The van der Waals surface area contributed by atoms with E-state index in [9.17, 15) is 22.4 Å². The summed E-state index contributed by atoms with van der Waals surface area (Å²) < 4.78 is 57.9. The number of benzene rings is 2. The molecule has 2 heterocycles. The molecule has 0 aliphatic carbocycles. The van der Waals surface area contributed by atoms with E-state index in [2.05, 4.69) is 36.0 Å². The Morgan fingerprint density at radius 1 is 1.24 bits per heavy atom. The molecule has 280 valence electrons. The van der Waals surface area contributed by atoms with Crippen LogP contribution in [0.4, 0.5) is 28.9 Å². The third kappa shape index (κ3) is 16.0. The molecule has 6 N–H and O–H groups in total. The molecule has 2 aromatic rings. The van der Waals surface area contributed by atoms with Gasteiger partial charge in [0.15, 0.2) is 0 Å². The Hall–Kier alpha value is -4.28. The summed E-state index contributed by atoms with van der Waals surface area (Å²) in [6.45, 7) is 12.6. The van der Waals surface area contributed by atoms with Crippen LogP contribution in [-0.2, 0) is 16.0 Å². The number of rotatable bonds is 8. The zero-order valence-electron chi connectivity index (χ0n) is 30.2. The van der Waals surface area contributed by atoms with Gasteiger partial charge in [0.2, 0.25) is 5.91 Å². The maximum Gasteiger partial charge on any atom is 0.405 e. The molecule has 4 unspecified atom stereocenters. The zero-order valence-corrected chi connectivity index (χ0v) is 30.2. The van der Waals surface area contributed by atoms with Crippen LogP contribution in [0.3, 0.4) is 0 Å². The van der Waals surface area contributed by atoms with Gasteiger partial charge < -0.3 is 36.4 Å². The predicted octanol–water partition coefficient (Wildman–Crippen LogP) is 6.16. The van der Waals surface area contributed by atoms with Gasteiger partial charge in [0, 0.05) is 25.1 Å². The standard InChI is InChI=1S/C26H30F3N3O2.C7H14FN.C2H4.CH5N.CH2O2/c1-17(9-12-25(30)33)19-10-11-22(24(14-19)34-3)31-13-5-7-20-15-21-18(2)6-4-8-23(21)32(20)16-26(27,28)29;1-6-3-4-9(2)5-7(6)8;2*1-2;2-1-3/h4,6,8,10-11,14,17,20,31H,9,12-13,15-16H2,1-3H3,(H2,30,33);6-7H,3-5H2,1-2H3;1-2H2;2H2,1H3;1H,(H,2,3). The monoisotopic (exact) mass is 709 g/mol. The molecular weight excluding hydrogens is 654 g/mol. The number of likely N-dealkylation sites (tertiary alicyclic amines) is 1. The van der Waals surface area contributed by atoms with Crippen LogP contribution in [0.15, 0.2) is 49.6 Å². The van der Waals surface area contributed by atoms with Crippen molar-refractivity contribution in [2.75, 3.05) is 57.6 Å². The molecule has 50 heavy (non-hydrogen) atoms. The van der Waals surface area contributed by atoms with Gasteiger partial charge >= 0.3 is 6.18 Å². The van der Waals surface area contributed by atoms with E-state index in [4.69, 9.17) is 20.4 Å². The van der Waals surface area contributed by atoms with Crippen molar-refractivity contribution in [1.82, 2.24) is 4.90 Å². The molecule has 0 saturated carbocycles. The lowest BCUT2D eigenvalue weighted by molar-refractivity contribution is -0.123. The second kappa shape index (κ2) is 24.0. The summed E-state index contributed by atoms with van der Waals surface area (Å²) in [6, 6.07) is 10.6. The minimum atomic E-state index is -4.31. The number of carboxylic acid groups (broad SMARTS) is 1. The Kier molecular flexibility index (Phi) is 21.9.